The van der Waals surface area contributed by atoms with Crippen LogP contribution in [-0.2, 0) is 23.9 Å². The lowest BCUT2D eigenvalue weighted by Crippen LogP contribution is -2.26. The van der Waals surface area contributed by atoms with Gasteiger partial charge in [-0.3, -0.25) is 4.79 Å². The number of carbonyl (C=O) groups excluding carboxylic acids is 1. The maximum absolute atomic E-state index is 12.8. The van der Waals surface area contributed by atoms with Crippen molar-refractivity contribution in [1.29, 1.82) is 0 Å². The van der Waals surface area contributed by atoms with E-state index in [4.69, 9.17) is 4.74 Å². The van der Waals surface area contributed by atoms with E-state index in [1.165, 1.54) is 0 Å². The third-order valence-electron chi connectivity index (χ3n) is 4.26. The van der Waals surface area contributed by atoms with Gasteiger partial charge in [0.05, 0.1) is 13.5 Å². The average molecular weight is 393 g/mol. The van der Waals surface area contributed by atoms with Crippen LogP contribution in [0.2, 0.25) is 0 Å². The van der Waals surface area contributed by atoms with Gasteiger partial charge in [-0.05, 0) is 31.5 Å². The number of benzene rings is 1. The number of aromatic nitrogens is 4. The highest BCUT2D eigenvalue weighted by molar-refractivity contribution is 5.79. The summed E-state index contributed by atoms with van der Waals surface area (Å²) in [4.78, 5) is 19.8. The van der Waals surface area contributed by atoms with E-state index in [0.29, 0.717) is 29.2 Å². The lowest BCUT2D eigenvalue weighted by atomic mass is 10.1. The van der Waals surface area contributed by atoms with Gasteiger partial charge in [-0.1, -0.05) is 12.1 Å². The van der Waals surface area contributed by atoms with Crippen molar-refractivity contribution in [3.8, 4) is 5.75 Å². The molecule has 10 heteroatoms. The smallest absolute Gasteiger partial charge is 0.453 e. The van der Waals surface area contributed by atoms with Crippen LogP contribution in [0.3, 0.4) is 0 Å². The van der Waals surface area contributed by atoms with E-state index < -0.39 is 12.0 Å². The van der Waals surface area contributed by atoms with E-state index >= 15 is 0 Å². The standard InChI is InChI=1S/C18H18F3N5O2/c1-10-14(8-15(27)22-9-12-5-4-6-13(7-12)28-3)11(2)26-17(23-10)24-16(25-26)18(19,20)21/h4-7H,8-9H2,1-3H3,(H,22,27). The van der Waals surface area contributed by atoms with Gasteiger partial charge in [0.25, 0.3) is 11.6 Å². The molecule has 148 valence electrons. The van der Waals surface area contributed by atoms with Gasteiger partial charge in [-0.25, -0.2) is 9.50 Å². The third kappa shape index (κ3) is 4.05. The second-order valence-corrected chi connectivity index (χ2v) is 6.21. The average Bonchev–Trinajstić information content (AvgIpc) is 3.08. The van der Waals surface area contributed by atoms with Gasteiger partial charge in [0, 0.05) is 23.5 Å². The zero-order chi connectivity index (χ0) is 20.5. The lowest BCUT2D eigenvalue weighted by Gasteiger charge is -2.11. The lowest BCUT2D eigenvalue weighted by molar-refractivity contribution is -0.144. The zero-order valence-electron chi connectivity index (χ0n) is 15.5. The van der Waals surface area contributed by atoms with Crippen LogP contribution in [-0.4, -0.2) is 32.6 Å². The molecule has 0 aliphatic carbocycles. The molecule has 0 aliphatic rings. The Morgan fingerprint density at radius 3 is 2.68 bits per heavy atom. The molecule has 1 N–H and O–H groups in total. The van der Waals surface area contributed by atoms with Gasteiger partial charge >= 0.3 is 6.18 Å². The summed E-state index contributed by atoms with van der Waals surface area (Å²) in [5.74, 6) is -1.02. The fraction of sp³-hybridized carbons (Fsp3) is 0.333. The topological polar surface area (TPSA) is 81.4 Å². The molecule has 0 fully saturated rings. The number of rotatable bonds is 5. The molecule has 2 heterocycles. The number of amides is 1. The second kappa shape index (κ2) is 7.45. The number of nitrogens with zero attached hydrogens (tertiary/aromatic N) is 4. The predicted octanol–water partition coefficient (Wildman–Crippen LogP) is 2.63. The second-order valence-electron chi connectivity index (χ2n) is 6.21. The van der Waals surface area contributed by atoms with E-state index in [2.05, 4.69) is 20.4 Å². The Morgan fingerprint density at radius 1 is 1.25 bits per heavy atom. The van der Waals surface area contributed by atoms with Crippen molar-refractivity contribution in [3.05, 3.63) is 52.6 Å². The van der Waals surface area contributed by atoms with Gasteiger partial charge in [0.2, 0.25) is 5.91 Å². The quantitative estimate of drug-likeness (QED) is 0.721. The summed E-state index contributed by atoms with van der Waals surface area (Å²) in [7, 11) is 1.56. The summed E-state index contributed by atoms with van der Waals surface area (Å²) in [6.07, 6.45) is -4.70. The molecule has 0 saturated heterocycles. The molecule has 0 unspecified atom stereocenters. The minimum Gasteiger partial charge on any atom is -0.497 e. The van der Waals surface area contributed by atoms with Gasteiger partial charge in [-0.15, -0.1) is 5.10 Å². The molecule has 1 amide bonds. The van der Waals surface area contributed by atoms with Crippen LogP contribution in [0.5, 0.6) is 5.75 Å². The summed E-state index contributed by atoms with van der Waals surface area (Å²) in [5, 5.41) is 6.26. The Hall–Kier alpha value is -3.17. The van der Waals surface area contributed by atoms with Crippen LogP contribution in [0.1, 0.15) is 28.3 Å². The molecule has 3 aromatic rings. The number of nitrogens with one attached hydrogen (secondary N) is 1. The van der Waals surface area contributed by atoms with Crippen molar-refractivity contribution in [3.63, 3.8) is 0 Å². The molecule has 0 spiro atoms. The summed E-state index contributed by atoms with van der Waals surface area (Å²) in [5.41, 5.74) is 2.19. The van der Waals surface area contributed by atoms with Crippen LogP contribution in [0, 0.1) is 13.8 Å². The minimum atomic E-state index is -4.66. The van der Waals surface area contributed by atoms with Crippen LogP contribution in [0.25, 0.3) is 5.78 Å². The van der Waals surface area contributed by atoms with Gasteiger partial charge in [0.1, 0.15) is 5.75 Å². The molecule has 2 aromatic heterocycles. The summed E-state index contributed by atoms with van der Waals surface area (Å²) in [6.45, 7) is 3.51. The molecule has 1 aromatic carbocycles. The fourth-order valence-electron chi connectivity index (χ4n) is 2.79. The highest BCUT2D eigenvalue weighted by Gasteiger charge is 2.37. The number of carbonyl (C=O) groups is 1. The van der Waals surface area contributed by atoms with Crippen molar-refractivity contribution in [2.75, 3.05) is 7.11 Å². The molecular formula is C18H18F3N5O2. The number of hydrogen-bond acceptors (Lipinski definition) is 5. The Labute approximate surface area is 158 Å². The third-order valence-corrected chi connectivity index (χ3v) is 4.26. The Balaban J connectivity index is 1.78. The number of halogens is 3. The van der Waals surface area contributed by atoms with Gasteiger partial charge in [0.15, 0.2) is 0 Å². The maximum atomic E-state index is 12.8. The number of fused-ring (bicyclic) bond motifs is 1. The van der Waals surface area contributed by atoms with Gasteiger partial charge in [-0.2, -0.15) is 18.2 Å². The monoisotopic (exact) mass is 393 g/mol. The first kappa shape index (κ1) is 19.6. The predicted molar refractivity (Wildman–Crippen MR) is 93.8 cm³/mol. The van der Waals surface area contributed by atoms with E-state index in [9.17, 15) is 18.0 Å². The number of alkyl halides is 3. The number of hydrogen-bond donors (Lipinski definition) is 1. The molecule has 0 saturated carbocycles. The van der Waals surface area contributed by atoms with Crippen molar-refractivity contribution in [2.24, 2.45) is 0 Å². The Morgan fingerprint density at radius 2 is 2.00 bits per heavy atom. The molecule has 3 rings (SSSR count). The number of methoxy groups -OCH3 is 1. The van der Waals surface area contributed by atoms with Crippen LogP contribution in [0.15, 0.2) is 24.3 Å². The van der Waals surface area contributed by atoms with Crippen molar-refractivity contribution >= 4 is 11.7 Å². The largest absolute Gasteiger partial charge is 0.497 e. The van der Waals surface area contributed by atoms with Crippen LogP contribution in [0.4, 0.5) is 13.2 Å². The number of ether oxygens (including phenoxy) is 1. The molecule has 7 nitrogen and oxygen atoms in total. The highest BCUT2D eigenvalue weighted by Crippen LogP contribution is 2.27. The fourth-order valence-corrected chi connectivity index (χ4v) is 2.79. The normalized spacial score (nSPS) is 11.6. The van der Waals surface area contributed by atoms with E-state index in [-0.39, 0.29) is 18.1 Å². The van der Waals surface area contributed by atoms with Crippen LogP contribution >= 0.6 is 0 Å². The zero-order valence-corrected chi connectivity index (χ0v) is 15.5. The summed E-state index contributed by atoms with van der Waals surface area (Å²) < 4.78 is 44.7. The molecule has 0 atom stereocenters. The Kier molecular flexibility index (Phi) is 5.21. The summed E-state index contributed by atoms with van der Waals surface area (Å²) >= 11 is 0. The first-order valence-corrected chi connectivity index (χ1v) is 8.38. The maximum Gasteiger partial charge on any atom is 0.453 e. The molecule has 0 radical (unpaired) electrons. The molecule has 28 heavy (non-hydrogen) atoms. The SMILES string of the molecule is COc1cccc(CNC(=O)Cc2c(C)nc3nc(C(F)(F)F)nn3c2C)c1. The number of aryl methyl sites for hydroxylation is 2. The highest BCUT2D eigenvalue weighted by atomic mass is 19.4. The first-order valence-electron chi connectivity index (χ1n) is 8.38. The first-order chi connectivity index (χ1) is 13.2. The Bertz CT molecular complexity index is 1030. The van der Waals surface area contributed by atoms with Crippen LogP contribution < -0.4 is 10.1 Å². The molecule has 0 bridgehead atoms. The van der Waals surface area contributed by atoms with Crippen molar-refractivity contribution < 1.29 is 22.7 Å². The van der Waals surface area contributed by atoms with Gasteiger partial charge < -0.3 is 10.1 Å². The van der Waals surface area contributed by atoms with E-state index in [1.54, 1.807) is 33.1 Å². The molecule has 0 aliphatic heterocycles. The van der Waals surface area contributed by atoms with Crippen molar-refractivity contribution in [1.82, 2.24) is 24.9 Å². The van der Waals surface area contributed by atoms with E-state index in [1.807, 2.05) is 12.1 Å². The van der Waals surface area contributed by atoms with Crippen molar-refractivity contribution in [2.45, 2.75) is 33.0 Å². The molecular weight excluding hydrogens is 375 g/mol. The summed E-state index contributed by atoms with van der Waals surface area (Å²) in [6, 6.07) is 7.27. The van der Waals surface area contributed by atoms with E-state index in [0.717, 1.165) is 10.1 Å². The minimum absolute atomic E-state index is 0.0359.